The van der Waals surface area contributed by atoms with Gasteiger partial charge in [0.05, 0.1) is 0 Å². The fraction of sp³-hybridized carbons (Fsp3) is 0.268. The van der Waals surface area contributed by atoms with Gasteiger partial charge in [-0.3, -0.25) is 0 Å². The minimum Gasteiger partial charge on any atom is -0.504 e. The monoisotopic (exact) mass is 799 g/mol. The van der Waals surface area contributed by atoms with E-state index in [4.69, 9.17) is 4.98 Å². The summed E-state index contributed by atoms with van der Waals surface area (Å²) in [5.74, 6) is 0.904. The van der Waals surface area contributed by atoms with Crippen molar-refractivity contribution < 1.29 is 21.1 Å². The van der Waals surface area contributed by atoms with Crippen LogP contribution in [0.2, 0.25) is 0 Å². The van der Waals surface area contributed by atoms with Gasteiger partial charge in [0, 0.05) is 51.2 Å². The third-order valence-corrected chi connectivity index (χ3v) is 9.16. The Hall–Kier alpha value is -4.08. The number of aromatic nitrogens is 2. The van der Waals surface area contributed by atoms with E-state index < -0.39 is 0 Å². The predicted molar refractivity (Wildman–Crippen MR) is 194 cm³/mol. The normalized spacial score (nSPS) is 13.3. The maximum absolute atomic E-state index is 4.86. The van der Waals surface area contributed by atoms with Crippen LogP contribution in [-0.4, -0.2) is 23.6 Å². The third kappa shape index (κ3) is 5.84. The van der Waals surface area contributed by atoms with E-state index in [2.05, 4.69) is 179 Å². The average molecular weight is 800 g/mol. The second kappa shape index (κ2) is 11.9. The smallest absolute Gasteiger partial charge is 0.135 e. The summed E-state index contributed by atoms with van der Waals surface area (Å²) < 4.78 is 2.26. The molecular formula is C41H42N5Pt-3. The van der Waals surface area contributed by atoms with Crippen molar-refractivity contribution in [3.63, 3.8) is 0 Å². The van der Waals surface area contributed by atoms with E-state index in [9.17, 15) is 0 Å². The van der Waals surface area contributed by atoms with E-state index >= 15 is 0 Å². The zero-order valence-corrected chi connectivity index (χ0v) is 31.0. The quantitative estimate of drug-likeness (QED) is 0.166. The molecule has 0 saturated heterocycles. The molecule has 2 aromatic heterocycles. The molecule has 244 valence electrons. The number of aryl methyl sites for hydroxylation is 1. The third-order valence-electron chi connectivity index (χ3n) is 9.16. The van der Waals surface area contributed by atoms with Gasteiger partial charge in [0.1, 0.15) is 5.82 Å². The van der Waals surface area contributed by atoms with Crippen molar-refractivity contribution in [2.45, 2.75) is 59.3 Å². The van der Waals surface area contributed by atoms with Crippen molar-refractivity contribution in [1.29, 1.82) is 0 Å². The molecule has 0 aliphatic carbocycles. The Kier molecular flexibility index (Phi) is 8.29. The van der Waals surface area contributed by atoms with Crippen LogP contribution in [0.25, 0.3) is 27.6 Å². The van der Waals surface area contributed by atoms with Gasteiger partial charge in [-0.2, -0.15) is 12.7 Å². The van der Waals surface area contributed by atoms with Gasteiger partial charge in [-0.1, -0.05) is 82.7 Å². The number of benzene rings is 4. The average Bonchev–Trinajstić information content (AvgIpc) is 3.53. The molecule has 47 heavy (non-hydrogen) atoms. The van der Waals surface area contributed by atoms with Gasteiger partial charge < -0.3 is 19.3 Å². The molecule has 5 nitrogen and oxygen atoms in total. The number of anilines is 5. The topological polar surface area (TPSA) is 27.5 Å². The van der Waals surface area contributed by atoms with Crippen molar-refractivity contribution >= 4 is 50.2 Å². The molecule has 0 spiro atoms. The van der Waals surface area contributed by atoms with Gasteiger partial charge in [0.25, 0.3) is 0 Å². The molecule has 6 heteroatoms. The Balaban J connectivity index is 0.00000386. The van der Waals surface area contributed by atoms with Gasteiger partial charge in [0.15, 0.2) is 0 Å². The molecule has 7 rings (SSSR count). The number of rotatable bonds is 4. The molecule has 0 fully saturated rings. The number of pyridine rings is 1. The summed E-state index contributed by atoms with van der Waals surface area (Å²) in [6, 6.07) is 36.0. The predicted octanol–water partition coefficient (Wildman–Crippen LogP) is 10.2. The zero-order chi connectivity index (χ0) is 32.5. The Morgan fingerprint density at radius 2 is 1.49 bits per heavy atom. The molecule has 0 bridgehead atoms. The fourth-order valence-corrected chi connectivity index (χ4v) is 6.34. The standard InChI is InChI=1S/C41H42N5.Pt/c1-27-14-17-36-38(20-27)43(8)26-45(36)32-22-29(41(5,6)7)21-31(24-32)44(9)30-15-16-34-33-12-10-11-13-35(33)46(37(34)25-30)39-23-28(18-19-42-39)40(2,3)4;/h10-23,26H,1-9H3;/q-3;. The summed E-state index contributed by atoms with van der Waals surface area (Å²) in [5, 5.41) is 2.35. The van der Waals surface area contributed by atoms with Gasteiger partial charge >= 0.3 is 0 Å². The molecule has 1 aliphatic heterocycles. The molecule has 0 atom stereocenters. The first-order chi connectivity index (χ1) is 21.8. The van der Waals surface area contributed by atoms with E-state index in [0.717, 1.165) is 45.0 Å². The van der Waals surface area contributed by atoms with Crippen molar-refractivity contribution in [2.75, 3.05) is 28.8 Å². The molecule has 3 heterocycles. The zero-order valence-electron chi connectivity index (χ0n) is 28.7. The van der Waals surface area contributed by atoms with Crippen LogP contribution in [0.1, 0.15) is 58.2 Å². The second-order valence-corrected chi connectivity index (χ2v) is 14.6. The summed E-state index contributed by atoms with van der Waals surface area (Å²) in [6.07, 6.45) is 1.92. The summed E-state index contributed by atoms with van der Waals surface area (Å²) in [7, 11) is 4.22. The molecule has 0 saturated carbocycles. The maximum atomic E-state index is 4.86. The fourth-order valence-electron chi connectivity index (χ4n) is 6.34. The van der Waals surface area contributed by atoms with E-state index in [1.54, 1.807) is 0 Å². The first kappa shape index (κ1) is 32.8. The summed E-state index contributed by atoms with van der Waals surface area (Å²) in [5.41, 5.74) is 11.2. The summed E-state index contributed by atoms with van der Waals surface area (Å²) in [6.45, 7) is 17.8. The van der Waals surface area contributed by atoms with Gasteiger partial charge in [-0.25, -0.2) is 4.98 Å². The molecule has 4 aromatic carbocycles. The molecule has 0 radical (unpaired) electrons. The van der Waals surface area contributed by atoms with E-state index in [0.29, 0.717) is 0 Å². The van der Waals surface area contributed by atoms with E-state index in [-0.39, 0.29) is 31.9 Å². The van der Waals surface area contributed by atoms with Crippen LogP contribution in [0.4, 0.5) is 28.4 Å². The summed E-state index contributed by atoms with van der Waals surface area (Å²) in [4.78, 5) is 11.5. The second-order valence-electron chi connectivity index (χ2n) is 14.6. The van der Waals surface area contributed by atoms with E-state index in [1.807, 2.05) is 6.20 Å². The van der Waals surface area contributed by atoms with Gasteiger partial charge in [-0.15, -0.1) is 47.0 Å². The Bertz CT molecular complexity index is 2110. The minimum absolute atomic E-state index is 0. The molecular weight excluding hydrogens is 758 g/mol. The minimum atomic E-state index is -0.0506. The largest absolute Gasteiger partial charge is 0.504 e. The van der Waals surface area contributed by atoms with Crippen molar-refractivity contribution in [1.82, 2.24) is 9.55 Å². The SMILES string of the molecule is Cc1ccc2c(c1)N(C)[CH-]N2c1[c-]c(N(C)c2[c-]c3c(cc2)c2ccccc2n3-c2cc(C(C)(C)C)ccn2)cc(C(C)(C)C)c1.[Pt]. The number of hydrogen-bond donors (Lipinski definition) is 0. The van der Waals surface area contributed by atoms with Crippen molar-refractivity contribution in [3.8, 4) is 5.82 Å². The van der Waals surface area contributed by atoms with Crippen LogP contribution in [0, 0.1) is 25.7 Å². The maximum Gasteiger partial charge on any atom is 0.135 e. The molecule has 0 N–H and O–H groups in total. The molecule has 0 amide bonds. The number of fused-ring (bicyclic) bond motifs is 4. The van der Waals surface area contributed by atoms with Gasteiger partial charge in [-0.05, 0) is 71.6 Å². The van der Waals surface area contributed by atoms with Crippen molar-refractivity contribution in [3.05, 3.63) is 121 Å². The number of hydrogen-bond acceptors (Lipinski definition) is 4. The Morgan fingerprint density at radius 1 is 0.745 bits per heavy atom. The van der Waals surface area contributed by atoms with Crippen molar-refractivity contribution in [2.24, 2.45) is 0 Å². The Morgan fingerprint density at radius 3 is 2.23 bits per heavy atom. The molecule has 1 aliphatic rings. The first-order valence-corrected chi connectivity index (χ1v) is 16.0. The van der Waals surface area contributed by atoms with Crippen LogP contribution in [-0.2, 0) is 31.9 Å². The summed E-state index contributed by atoms with van der Waals surface area (Å²) >= 11 is 0. The van der Waals surface area contributed by atoms with E-state index in [1.165, 1.54) is 27.8 Å². The van der Waals surface area contributed by atoms with Crippen LogP contribution in [0.3, 0.4) is 0 Å². The first-order valence-electron chi connectivity index (χ1n) is 16.0. The number of para-hydroxylation sites is 1. The van der Waals surface area contributed by atoms with Crippen LogP contribution in [0.15, 0.2) is 85.1 Å². The van der Waals surface area contributed by atoms with Crippen LogP contribution >= 0.6 is 0 Å². The molecule has 6 aromatic rings. The Labute approximate surface area is 294 Å². The van der Waals surface area contributed by atoms with Crippen LogP contribution in [0.5, 0.6) is 0 Å². The van der Waals surface area contributed by atoms with Crippen LogP contribution < -0.4 is 14.7 Å². The van der Waals surface area contributed by atoms with Gasteiger partial charge in [0.2, 0.25) is 0 Å². The number of nitrogens with zero attached hydrogens (tertiary/aromatic N) is 5. The molecule has 0 unspecified atom stereocenters.